The number of hydrogen-bond acceptors (Lipinski definition) is 2. The Hall–Kier alpha value is -0.860. The highest BCUT2D eigenvalue weighted by atomic mass is 16.5. The van der Waals surface area contributed by atoms with Crippen molar-refractivity contribution < 1.29 is 4.74 Å². The average molecular weight is 287 g/mol. The van der Waals surface area contributed by atoms with E-state index < -0.39 is 0 Å². The fourth-order valence-corrected chi connectivity index (χ4v) is 3.99. The Labute approximate surface area is 129 Å². The van der Waals surface area contributed by atoms with Crippen molar-refractivity contribution in [1.29, 1.82) is 0 Å². The molecule has 0 saturated heterocycles. The largest absolute Gasteiger partial charge is 0.373 e. The molecule has 0 aromatic heterocycles. The Morgan fingerprint density at radius 2 is 1.95 bits per heavy atom. The fourth-order valence-electron chi connectivity index (χ4n) is 3.99. The van der Waals surface area contributed by atoms with E-state index in [4.69, 9.17) is 10.5 Å². The number of hydrogen-bond donors (Lipinski definition) is 1. The summed E-state index contributed by atoms with van der Waals surface area (Å²) in [5, 5.41) is 0. The molecule has 2 aliphatic rings. The van der Waals surface area contributed by atoms with Gasteiger partial charge in [-0.05, 0) is 42.7 Å². The molecular formula is C19H29NO. The number of rotatable bonds is 5. The minimum Gasteiger partial charge on any atom is -0.373 e. The third kappa shape index (κ3) is 4.08. The molecule has 1 aliphatic carbocycles. The van der Waals surface area contributed by atoms with E-state index >= 15 is 0 Å². The minimum absolute atomic E-state index is 0.219. The second kappa shape index (κ2) is 7.42. The van der Waals surface area contributed by atoms with Crippen LogP contribution in [0.2, 0.25) is 0 Å². The van der Waals surface area contributed by atoms with Crippen LogP contribution in [-0.4, -0.2) is 12.6 Å². The molecule has 1 saturated carbocycles. The summed E-state index contributed by atoms with van der Waals surface area (Å²) in [7, 11) is 0. The Bertz CT molecular complexity index is 439. The molecule has 2 N–H and O–H groups in total. The summed E-state index contributed by atoms with van der Waals surface area (Å²) in [6.45, 7) is 0.844. The molecule has 2 atom stereocenters. The lowest BCUT2D eigenvalue weighted by molar-refractivity contribution is 0.0311. The lowest BCUT2D eigenvalue weighted by Gasteiger charge is -2.29. The van der Waals surface area contributed by atoms with Crippen molar-refractivity contribution in [3.05, 3.63) is 35.4 Å². The SMILES string of the molecule is NC(CCC1CCCCC1)CC1OCCc2ccccc21. The number of ether oxygens (including phenoxy) is 1. The van der Waals surface area contributed by atoms with Gasteiger partial charge in [0.2, 0.25) is 0 Å². The molecule has 2 nitrogen and oxygen atoms in total. The second-order valence-electron chi connectivity index (χ2n) is 6.89. The van der Waals surface area contributed by atoms with Gasteiger partial charge >= 0.3 is 0 Å². The normalized spacial score (nSPS) is 24.5. The van der Waals surface area contributed by atoms with Gasteiger partial charge in [0.15, 0.2) is 0 Å². The maximum Gasteiger partial charge on any atom is 0.0842 e. The first kappa shape index (κ1) is 15.1. The molecule has 116 valence electrons. The van der Waals surface area contributed by atoms with E-state index in [-0.39, 0.29) is 12.1 Å². The van der Waals surface area contributed by atoms with Gasteiger partial charge in [-0.25, -0.2) is 0 Å². The molecule has 0 amide bonds. The monoisotopic (exact) mass is 287 g/mol. The summed E-state index contributed by atoms with van der Waals surface area (Å²) < 4.78 is 5.99. The van der Waals surface area contributed by atoms with Crippen molar-refractivity contribution in [3.8, 4) is 0 Å². The summed E-state index contributed by atoms with van der Waals surface area (Å²) in [4.78, 5) is 0. The van der Waals surface area contributed by atoms with Gasteiger partial charge in [0.25, 0.3) is 0 Å². The van der Waals surface area contributed by atoms with E-state index in [1.54, 1.807) is 0 Å². The van der Waals surface area contributed by atoms with Crippen molar-refractivity contribution in [2.24, 2.45) is 11.7 Å². The third-order valence-corrected chi connectivity index (χ3v) is 5.28. The van der Waals surface area contributed by atoms with Crippen molar-refractivity contribution in [1.82, 2.24) is 0 Å². The van der Waals surface area contributed by atoms with E-state index in [2.05, 4.69) is 24.3 Å². The molecule has 21 heavy (non-hydrogen) atoms. The zero-order valence-electron chi connectivity index (χ0n) is 13.1. The lowest BCUT2D eigenvalue weighted by Crippen LogP contribution is -2.27. The fraction of sp³-hybridized carbons (Fsp3) is 0.684. The molecule has 0 bridgehead atoms. The lowest BCUT2D eigenvalue weighted by atomic mass is 9.84. The van der Waals surface area contributed by atoms with Gasteiger partial charge in [0.05, 0.1) is 12.7 Å². The van der Waals surface area contributed by atoms with Gasteiger partial charge < -0.3 is 10.5 Å². The quantitative estimate of drug-likeness (QED) is 0.872. The molecule has 1 aromatic carbocycles. The van der Waals surface area contributed by atoms with E-state index in [0.29, 0.717) is 0 Å². The zero-order valence-corrected chi connectivity index (χ0v) is 13.1. The van der Waals surface area contributed by atoms with Gasteiger partial charge in [0, 0.05) is 6.04 Å². The van der Waals surface area contributed by atoms with Crippen molar-refractivity contribution >= 4 is 0 Å². The minimum atomic E-state index is 0.219. The third-order valence-electron chi connectivity index (χ3n) is 5.28. The molecule has 2 unspecified atom stereocenters. The van der Waals surface area contributed by atoms with Crippen LogP contribution in [0.1, 0.15) is 68.6 Å². The van der Waals surface area contributed by atoms with Gasteiger partial charge in [-0.1, -0.05) is 56.4 Å². The molecule has 2 heteroatoms. The smallest absolute Gasteiger partial charge is 0.0842 e. The van der Waals surface area contributed by atoms with Crippen LogP contribution in [0, 0.1) is 5.92 Å². The first-order valence-electron chi connectivity index (χ1n) is 8.78. The van der Waals surface area contributed by atoms with Crippen LogP contribution in [0.5, 0.6) is 0 Å². The van der Waals surface area contributed by atoms with Crippen LogP contribution in [0.4, 0.5) is 0 Å². The van der Waals surface area contributed by atoms with Gasteiger partial charge in [-0.15, -0.1) is 0 Å². The van der Waals surface area contributed by atoms with E-state index in [1.807, 2.05) is 0 Å². The summed E-state index contributed by atoms with van der Waals surface area (Å²) in [5.74, 6) is 0.935. The van der Waals surface area contributed by atoms with Crippen LogP contribution in [0.15, 0.2) is 24.3 Å². The van der Waals surface area contributed by atoms with Crippen LogP contribution >= 0.6 is 0 Å². The summed E-state index contributed by atoms with van der Waals surface area (Å²) in [6.07, 6.45) is 11.9. The van der Waals surface area contributed by atoms with Crippen LogP contribution < -0.4 is 5.73 Å². The van der Waals surface area contributed by atoms with Gasteiger partial charge in [0.1, 0.15) is 0 Å². The Balaban J connectivity index is 1.49. The van der Waals surface area contributed by atoms with Crippen molar-refractivity contribution in [3.63, 3.8) is 0 Å². The van der Waals surface area contributed by atoms with Crippen LogP contribution in [0.3, 0.4) is 0 Å². The molecule has 0 spiro atoms. The molecular weight excluding hydrogens is 258 g/mol. The predicted octanol–water partition coefficient (Wildman–Crippen LogP) is 4.38. The van der Waals surface area contributed by atoms with E-state index in [9.17, 15) is 0 Å². The first-order valence-corrected chi connectivity index (χ1v) is 8.78. The summed E-state index contributed by atoms with van der Waals surface area (Å²) in [6, 6.07) is 8.98. The topological polar surface area (TPSA) is 35.2 Å². The van der Waals surface area contributed by atoms with Crippen LogP contribution in [-0.2, 0) is 11.2 Å². The standard InChI is InChI=1S/C19H29NO/c20-17(11-10-15-6-2-1-3-7-15)14-19-18-9-5-4-8-16(18)12-13-21-19/h4-5,8-9,15,17,19H,1-3,6-7,10-14,20H2. The maximum absolute atomic E-state index is 6.40. The average Bonchev–Trinajstić information content (AvgIpc) is 2.54. The van der Waals surface area contributed by atoms with Gasteiger partial charge in [-0.2, -0.15) is 0 Å². The molecule has 1 aromatic rings. The van der Waals surface area contributed by atoms with E-state index in [0.717, 1.165) is 31.8 Å². The summed E-state index contributed by atoms with van der Waals surface area (Å²) in [5.41, 5.74) is 9.22. The van der Waals surface area contributed by atoms with Crippen molar-refractivity contribution in [2.75, 3.05) is 6.61 Å². The predicted molar refractivity (Wildman–Crippen MR) is 87.2 cm³/mol. The molecule has 3 rings (SSSR count). The number of fused-ring (bicyclic) bond motifs is 1. The first-order chi connectivity index (χ1) is 10.3. The number of nitrogens with two attached hydrogens (primary N) is 1. The van der Waals surface area contributed by atoms with Gasteiger partial charge in [-0.3, -0.25) is 0 Å². The second-order valence-corrected chi connectivity index (χ2v) is 6.89. The Morgan fingerprint density at radius 3 is 2.81 bits per heavy atom. The highest BCUT2D eigenvalue weighted by Gasteiger charge is 2.23. The highest BCUT2D eigenvalue weighted by molar-refractivity contribution is 5.30. The van der Waals surface area contributed by atoms with Crippen molar-refractivity contribution in [2.45, 2.75) is 69.9 Å². The number of benzene rings is 1. The molecule has 1 fully saturated rings. The summed E-state index contributed by atoms with van der Waals surface area (Å²) >= 11 is 0. The highest BCUT2D eigenvalue weighted by Crippen LogP contribution is 2.32. The molecule has 1 aliphatic heterocycles. The Kier molecular flexibility index (Phi) is 5.32. The maximum atomic E-state index is 6.40. The van der Waals surface area contributed by atoms with E-state index in [1.165, 1.54) is 49.7 Å². The molecule has 0 radical (unpaired) electrons. The zero-order chi connectivity index (χ0) is 14.5. The molecule has 1 heterocycles. The Morgan fingerprint density at radius 1 is 1.14 bits per heavy atom. The van der Waals surface area contributed by atoms with Crippen LogP contribution in [0.25, 0.3) is 0 Å².